The highest BCUT2D eigenvalue weighted by atomic mass is 19.4. The molecular weight excluding hydrogens is 233 g/mol. The maximum absolute atomic E-state index is 12.3. The largest absolute Gasteiger partial charge is 0.416 e. The van der Waals surface area contributed by atoms with Crippen molar-refractivity contribution in [1.82, 2.24) is 5.32 Å². The van der Waals surface area contributed by atoms with Gasteiger partial charge in [-0.15, -0.1) is 0 Å². The zero-order valence-electron chi connectivity index (χ0n) is 8.83. The first kappa shape index (κ1) is 13.5. The molecule has 6 heteroatoms. The van der Waals surface area contributed by atoms with E-state index in [1.807, 2.05) is 6.07 Å². The van der Waals surface area contributed by atoms with Crippen LogP contribution in [0.1, 0.15) is 17.2 Å². The van der Waals surface area contributed by atoms with Gasteiger partial charge in [0.1, 0.15) is 6.04 Å². The lowest BCUT2D eigenvalue weighted by Crippen LogP contribution is -2.23. The minimum absolute atomic E-state index is 0.140. The van der Waals surface area contributed by atoms with Crippen LogP contribution in [0.3, 0.4) is 0 Å². The second-order valence-electron chi connectivity index (χ2n) is 3.36. The van der Waals surface area contributed by atoms with Crippen LogP contribution in [0, 0.1) is 11.3 Å². The van der Waals surface area contributed by atoms with Gasteiger partial charge in [0.15, 0.2) is 0 Å². The van der Waals surface area contributed by atoms with E-state index < -0.39 is 17.8 Å². The van der Waals surface area contributed by atoms with Gasteiger partial charge >= 0.3 is 6.18 Å². The first-order valence-corrected chi connectivity index (χ1v) is 4.90. The third-order valence-corrected chi connectivity index (χ3v) is 2.16. The normalized spacial score (nSPS) is 13.1. The zero-order valence-corrected chi connectivity index (χ0v) is 8.83. The Hall–Kier alpha value is -1.58. The van der Waals surface area contributed by atoms with Crippen molar-refractivity contribution in [2.24, 2.45) is 0 Å². The van der Waals surface area contributed by atoms with Crippen molar-refractivity contribution in [2.45, 2.75) is 12.2 Å². The van der Waals surface area contributed by atoms with Crippen LogP contribution in [0.4, 0.5) is 13.2 Å². The molecule has 1 unspecified atom stereocenters. The maximum Gasteiger partial charge on any atom is 0.416 e. The van der Waals surface area contributed by atoms with Gasteiger partial charge in [-0.05, 0) is 17.7 Å². The topological polar surface area (TPSA) is 56.0 Å². The average Bonchev–Trinajstić information content (AvgIpc) is 2.29. The lowest BCUT2D eigenvalue weighted by Gasteiger charge is -2.12. The summed E-state index contributed by atoms with van der Waals surface area (Å²) in [5, 5.41) is 20.1. The number of benzene rings is 1. The molecule has 2 N–H and O–H groups in total. The molecular formula is C11H11F3N2O. The van der Waals surface area contributed by atoms with Crippen LogP contribution in [0.5, 0.6) is 0 Å². The number of nitrogens with zero attached hydrogens (tertiary/aromatic N) is 1. The van der Waals surface area contributed by atoms with Gasteiger partial charge in [-0.2, -0.15) is 18.4 Å². The Morgan fingerprint density at radius 2 is 1.88 bits per heavy atom. The summed E-state index contributed by atoms with van der Waals surface area (Å²) in [5.74, 6) is 0. The highest BCUT2D eigenvalue weighted by Crippen LogP contribution is 2.29. The van der Waals surface area contributed by atoms with Gasteiger partial charge < -0.3 is 5.11 Å². The van der Waals surface area contributed by atoms with Crippen molar-refractivity contribution in [3.63, 3.8) is 0 Å². The first-order chi connectivity index (χ1) is 7.99. The molecule has 17 heavy (non-hydrogen) atoms. The van der Waals surface area contributed by atoms with E-state index in [0.29, 0.717) is 5.56 Å². The third kappa shape index (κ3) is 3.73. The van der Waals surface area contributed by atoms with Gasteiger partial charge in [0.05, 0.1) is 18.2 Å². The quantitative estimate of drug-likeness (QED) is 0.849. The average molecular weight is 244 g/mol. The summed E-state index contributed by atoms with van der Waals surface area (Å²) in [5.41, 5.74) is -0.311. The summed E-state index contributed by atoms with van der Waals surface area (Å²) in [4.78, 5) is 0. The van der Waals surface area contributed by atoms with E-state index in [-0.39, 0.29) is 13.2 Å². The molecule has 0 bridgehead atoms. The number of aliphatic hydroxyl groups is 1. The van der Waals surface area contributed by atoms with Gasteiger partial charge in [-0.3, -0.25) is 5.32 Å². The third-order valence-electron chi connectivity index (χ3n) is 2.16. The zero-order chi connectivity index (χ0) is 12.9. The molecule has 1 aromatic carbocycles. The summed E-state index contributed by atoms with van der Waals surface area (Å²) < 4.78 is 36.9. The van der Waals surface area contributed by atoms with E-state index in [4.69, 9.17) is 10.4 Å². The summed E-state index contributed by atoms with van der Waals surface area (Å²) in [6.45, 7) is 0.0675. The Morgan fingerprint density at radius 1 is 1.29 bits per heavy atom. The van der Waals surface area contributed by atoms with E-state index in [9.17, 15) is 13.2 Å². The smallest absolute Gasteiger partial charge is 0.395 e. The number of alkyl halides is 3. The van der Waals surface area contributed by atoms with Crippen LogP contribution in [-0.4, -0.2) is 18.3 Å². The van der Waals surface area contributed by atoms with Crippen LogP contribution < -0.4 is 5.32 Å². The van der Waals surface area contributed by atoms with E-state index in [1.165, 1.54) is 12.1 Å². The number of halogens is 3. The molecule has 0 aliphatic carbocycles. The fourth-order valence-electron chi connectivity index (χ4n) is 1.31. The Kier molecular flexibility index (Phi) is 4.49. The fourth-order valence-corrected chi connectivity index (χ4v) is 1.31. The predicted octanol–water partition coefficient (Wildman–Crippen LogP) is 1.85. The Morgan fingerprint density at radius 3 is 2.29 bits per heavy atom. The summed E-state index contributed by atoms with van der Waals surface area (Å²) in [6, 6.07) is 5.55. The van der Waals surface area contributed by atoms with Crippen molar-refractivity contribution in [1.29, 1.82) is 5.26 Å². The Labute approximate surface area is 96.5 Å². The van der Waals surface area contributed by atoms with Crippen LogP contribution in [0.15, 0.2) is 24.3 Å². The SMILES string of the molecule is N#CC(NCCO)c1ccc(C(F)(F)F)cc1. The molecule has 92 valence electrons. The summed E-state index contributed by atoms with van der Waals surface area (Å²) in [7, 11) is 0. The molecule has 0 spiro atoms. The molecule has 1 aromatic rings. The van der Waals surface area contributed by atoms with Crippen molar-refractivity contribution < 1.29 is 18.3 Å². The predicted molar refractivity (Wildman–Crippen MR) is 54.9 cm³/mol. The summed E-state index contributed by atoms with van der Waals surface area (Å²) in [6.07, 6.45) is -4.38. The molecule has 0 aliphatic rings. The molecule has 0 saturated heterocycles. The lowest BCUT2D eigenvalue weighted by atomic mass is 10.1. The Balaban J connectivity index is 2.83. The standard InChI is InChI=1S/C11H11F3N2O/c12-11(13,14)9-3-1-8(2-4-9)10(7-15)16-5-6-17/h1-4,10,16-17H,5-6H2. The van der Waals surface area contributed by atoms with Gasteiger partial charge in [0, 0.05) is 6.54 Å². The molecule has 0 radical (unpaired) electrons. The minimum Gasteiger partial charge on any atom is -0.395 e. The molecule has 3 nitrogen and oxygen atoms in total. The summed E-state index contributed by atoms with van der Waals surface area (Å²) >= 11 is 0. The molecule has 0 aromatic heterocycles. The molecule has 0 aliphatic heterocycles. The van der Waals surface area contributed by atoms with Crippen molar-refractivity contribution in [3.05, 3.63) is 35.4 Å². The van der Waals surface area contributed by atoms with E-state index in [0.717, 1.165) is 12.1 Å². The van der Waals surface area contributed by atoms with Crippen molar-refractivity contribution in [3.8, 4) is 6.07 Å². The van der Waals surface area contributed by atoms with Crippen molar-refractivity contribution in [2.75, 3.05) is 13.2 Å². The molecule has 0 saturated carbocycles. The number of nitrogens with one attached hydrogen (secondary N) is 1. The second-order valence-corrected chi connectivity index (χ2v) is 3.36. The van der Waals surface area contributed by atoms with E-state index in [1.54, 1.807) is 0 Å². The number of hydrogen-bond donors (Lipinski definition) is 2. The first-order valence-electron chi connectivity index (χ1n) is 4.90. The molecule has 1 rings (SSSR count). The molecule has 0 fully saturated rings. The maximum atomic E-state index is 12.3. The van der Waals surface area contributed by atoms with E-state index in [2.05, 4.69) is 5.32 Å². The van der Waals surface area contributed by atoms with Crippen LogP contribution in [0.25, 0.3) is 0 Å². The molecule has 1 atom stereocenters. The highest BCUT2D eigenvalue weighted by Gasteiger charge is 2.30. The van der Waals surface area contributed by atoms with Crippen LogP contribution in [0.2, 0.25) is 0 Å². The second kappa shape index (κ2) is 5.66. The van der Waals surface area contributed by atoms with Crippen LogP contribution >= 0.6 is 0 Å². The number of rotatable bonds is 4. The highest BCUT2D eigenvalue weighted by molar-refractivity contribution is 5.29. The van der Waals surface area contributed by atoms with Gasteiger partial charge in [-0.1, -0.05) is 12.1 Å². The number of nitriles is 1. The monoisotopic (exact) mass is 244 g/mol. The number of hydrogen-bond acceptors (Lipinski definition) is 3. The van der Waals surface area contributed by atoms with E-state index >= 15 is 0 Å². The van der Waals surface area contributed by atoms with Crippen molar-refractivity contribution >= 4 is 0 Å². The van der Waals surface area contributed by atoms with Gasteiger partial charge in [-0.25, -0.2) is 0 Å². The van der Waals surface area contributed by atoms with Crippen LogP contribution in [-0.2, 0) is 6.18 Å². The molecule has 0 heterocycles. The fraction of sp³-hybridized carbons (Fsp3) is 0.364. The molecule has 0 amide bonds. The minimum atomic E-state index is -4.38. The Bertz CT molecular complexity index is 395. The van der Waals surface area contributed by atoms with Gasteiger partial charge in [0.2, 0.25) is 0 Å². The lowest BCUT2D eigenvalue weighted by molar-refractivity contribution is -0.137. The van der Waals surface area contributed by atoms with Gasteiger partial charge in [0.25, 0.3) is 0 Å². The number of aliphatic hydroxyl groups excluding tert-OH is 1.